The van der Waals surface area contributed by atoms with Gasteiger partial charge in [0.2, 0.25) is 0 Å². The Morgan fingerprint density at radius 2 is 1.78 bits per heavy atom. The van der Waals surface area contributed by atoms with E-state index in [4.69, 9.17) is 9.47 Å². The molecule has 2 atom stereocenters. The van der Waals surface area contributed by atoms with E-state index in [0.717, 1.165) is 37.3 Å². The minimum atomic E-state index is -0.212. The molecule has 1 fully saturated rings. The first-order valence-electron chi connectivity index (χ1n) is 9.77. The molecular weight excluding hydrogens is 343 g/mol. The molecule has 1 saturated heterocycles. The molecule has 0 N–H and O–H groups in total. The molecule has 144 valence electrons. The van der Waals surface area contributed by atoms with E-state index >= 15 is 0 Å². The van der Waals surface area contributed by atoms with Crippen LogP contribution in [-0.4, -0.2) is 36.2 Å². The van der Waals surface area contributed by atoms with Crippen molar-refractivity contribution in [1.29, 1.82) is 0 Å². The van der Waals surface area contributed by atoms with Gasteiger partial charge in [-0.25, -0.2) is 4.39 Å². The number of aryl methyl sites for hydroxylation is 2. The number of likely N-dealkylation sites (tertiary alicyclic amines) is 1. The van der Waals surface area contributed by atoms with Crippen molar-refractivity contribution in [3.8, 4) is 11.5 Å². The van der Waals surface area contributed by atoms with Crippen LogP contribution in [0.4, 0.5) is 4.39 Å². The number of ether oxygens (including phenoxy) is 2. The Labute approximate surface area is 160 Å². The lowest BCUT2D eigenvalue weighted by Crippen LogP contribution is -2.26. The molecule has 2 aliphatic heterocycles. The maximum Gasteiger partial charge on any atom is 0.164 e. The molecule has 2 aliphatic rings. The Bertz CT molecular complexity index is 819. The molecule has 0 radical (unpaired) electrons. The maximum absolute atomic E-state index is 14.6. The Balaban J connectivity index is 1.45. The highest BCUT2D eigenvalue weighted by Gasteiger charge is 2.29. The lowest BCUT2D eigenvalue weighted by Gasteiger charge is -2.27. The molecule has 5 heteroatoms. The van der Waals surface area contributed by atoms with Crippen molar-refractivity contribution in [3.63, 3.8) is 0 Å². The van der Waals surface area contributed by atoms with Gasteiger partial charge in [-0.05, 0) is 69.8 Å². The first-order valence-corrected chi connectivity index (χ1v) is 9.77. The van der Waals surface area contributed by atoms with Crippen LogP contribution in [0.1, 0.15) is 41.9 Å². The summed E-state index contributed by atoms with van der Waals surface area (Å²) in [5.74, 6) is 1.55. The number of pyridine rings is 1. The van der Waals surface area contributed by atoms with Gasteiger partial charge in [0.1, 0.15) is 19.0 Å². The second-order valence-corrected chi connectivity index (χ2v) is 7.81. The van der Waals surface area contributed by atoms with E-state index in [0.29, 0.717) is 36.2 Å². The molecule has 1 aromatic heterocycles. The van der Waals surface area contributed by atoms with Crippen LogP contribution in [0.25, 0.3) is 0 Å². The van der Waals surface area contributed by atoms with Crippen molar-refractivity contribution in [2.75, 3.05) is 26.3 Å². The molecule has 3 heterocycles. The van der Waals surface area contributed by atoms with Gasteiger partial charge < -0.3 is 9.47 Å². The molecule has 0 bridgehead atoms. The summed E-state index contributed by atoms with van der Waals surface area (Å²) in [6.45, 7) is 9.14. The zero-order valence-corrected chi connectivity index (χ0v) is 16.3. The maximum atomic E-state index is 14.6. The summed E-state index contributed by atoms with van der Waals surface area (Å²) >= 11 is 0. The summed E-state index contributed by atoms with van der Waals surface area (Å²) in [6, 6.07) is 7.67. The summed E-state index contributed by atoms with van der Waals surface area (Å²) in [7, 11) is 0. The van der Waals surface area contributed by atoms with Crippen LogP contribution in [0, 0.1) is 25.6 Å². The molecule has 0 saturated carbocycles. The van der Waals surface area contributed by atoms with E-state index in [9.17, 15) is 4.39 Å². The largest absolute Gasteiger partial charge is 0.486 e. The number of hydrogen-bond donors (Lipinski definition) is 0. The third-order valence-electron chi connectivity index (χ3n) is 5.64. The first-order chi connectivity index (χ1) is 13.0. The lowest BCUT2D eigenvalue weighted by molar-refractivity contribution is 0.169. The quantitative estimate of drug-likeness (QED) is 0.807. The van der Waals surface area contributed by atoms with Gasteiger partial charge >= 0.3 is 0 Å². The highest BCUT2D eigenvalue weighted by molar-refractivity contribution is 5.45. The average molecular weight is 370 g/mol. The fraction of sp³-hybridized carbons (Fsp3) is 0.500. The monoisotopic (exact) mass is 370 g/mol. The second-order valence-electron chi connectivity index (χ2n) is 7.81. The van der Waals surface area contributed by atoms with Gasteiger partial charge in [0.25, 0.3) is 0 Å². The van der Waals surface area contributed by atoms with Gasteiger partial charge in [0.15, 0.2) is 11.5 Å². The van der Waals surface area contributed by atoms with Gasteiger partial charge in [0, 0.05) is 35.6 Å². The summed E-state index contributed by atoms with van der Waals surface area (Å²) in [5.41, 5.74) is 4.19. The number of halogens is 1. The van der Waals surface area contributed by atoms with E-state index in [1.54, 1.807) is 0 Å². The molecule has 0 spiro atoms. The van der Waals surface area contributed by atoms with Crippen LogP contribution < -0.4 is 9.47 Å². The van der Waals surface area contributed by atoms with Gasteiger partial charge in [0.05, 0.1) is 0 Å². The first kappa shape index (κ1) is 18.2. The summed E-state index contributed by atoms with van der Waals surface area (Å²) in [5, 5.41) is 0. The van der Waals surface area contributed by atoms with Crippen molar-refractivity contribution in [2.45, 2.75) is 39.7 Å². The smallest absolute Gasteiger partial charge is 0.164 e. The van der Waals surface area contributed by atoms with Crippen molar-refractivity contribution < 1.29 is 13.9 Å². The Morgan fingerprint density at radius 3 is 2.48 bits per heavy atom. The Morgan fingerprint density at radius 1 is 1.11 bits per heavy atom. The number of nitrogens with zero attached hydrogens (tertiary/aromatic N) is 2. The molecule has 27 heavy (non-hydrogen) atoms. The van der Waals surface area contributed by atoms with E-state index in [1.165, 1.54) is 11.6 Å². The SMILES string of the molecule is Cc1cc(C[C@@H]2CCN([C@@H](C)c3cc4c(cc3F)OCCO4)C2)cc(C)n1. The number of hydrogen-bond acceptors (Lipinski definition) is 4. The zero-order chi connectivity index (χ0) is 19.0. The molecule has 0 aliphatic carbocycles. The topological polar surface area (TPSA) is 34.6 Å². The molecule has 0 unspecified atom stereocenters. The summed E-state index contributed by atoms with van der Waals surface area (Å²) in [4.78, 5) is 6.84. The van der Waals surface area contributed by atoms with Gasteiger partial charge in [-0.2, -0.15) is 0 Å². The Hall–Kier alpha value is -2.14. The minimum Gasteiger partial charge on any atom is -0.486 e. The average Bonchev–Trinajstić information content (AvgIpc) is 3.08. The third kappa shape index (κ3) is 3.93. The van der Waals surface area contributed by atoms with Crippen LogP contribution in [0.5, 0.6) is 11.5 Å². The predicted octanol–water partition coefficient (Wildman–Crippen LogP) is 4.23. The highest BCUT2D eigenvalue weighted by Crippen LogP contribution is 2.37. The summed E-state index contributed by atoms with van der Waals surface area (Å²) in [6.07, 6.45) is 2.19. The minimum absolute atomic E-state index is 0.0201. The fourth-order valence-electron chi connectivity index (χ4n) is 4.35. The molecule has 4 nitrogen and oxygen atoms in total. The highest BCUT2D eigenvalue weighted by atomic mass is 19.1. The fourth-order valence-corrected chi connectivity index (χ4v) is 4.35. The molecular formula is C22H27FN2O2. The molecule has 0 amide bonds. The van der Waals surface area contributed by atoms with E-state index in [-0.39, 0.29) is 11.9 Å². The van der Waals surface area contributed by atoms with Gasteiger partial charge in [-0.15, -0.1) is 0 Å². The Kier molecular flexibility index (Phi) is 5.04. The normalized spacial score (nSPS) is 20.7. The van der Waals surface area contributed by atoms with Crippen LogP contribution in [0.3, 0.4) is 0 Å². The van der Waals surface area contributed by atoms with Crippen molar-refractivity contribution in [1.82, 2.24) is 9.88 Å². The van der Waals surface area contributed by atoms with E-state index in [1.807, 2.05) is 19.9 Å². The van der Waals surface area contributed by atoms with Crippen LogP contribution in [0.2, 0.25) is 0 Å². The predicted molar refractivity (Wildman–Crippen MR) is 103 cm³/mol. The number of aromatic nitrogens is 1. The van der Waals surface area contributed by atoms with E-state index < -0.39 is 0 Å². The van der Waals surface area contributed by atoms with Gasteiger partial charge in [-0.1, -0.05) is 0 Å². The zero-order valence-electron chi connectivity index (χ0n) is 16.3. The van der Waals surface area contributed by atoms with Gasteiger partial charge in [-0.3, -0.25) is 9.88 Å². The summed E-state index contributed by atoms with van der Waals surface area (Å²) < 4.78 is 25.8. The lowest BCUT2D eigenvalue weighted by atomic mass is 9.98. The molecule has 4 rings (SSSR count). The van der Waals surface area contributed by atoms with Crippen LogP contribution in [0.15, 0.2) is 24.3 Å². The van der Waals surface area contributed by atoms with Crippen molar-refractivity contribution in [2.24, 2.45) is 5.92 Å². The second kappa shape index (κ2) is 7.47. The van der Waals surface area contributed by atoms with Crippen molar-refractivity contribution in [3.05, 3.63) is 52.6 Å². The molecule has 1 aromatic carbocycles. The number of fused-ring (bicyclic) bond motifs is 1. The van der Waals surface area contributed by atoms with Crippen LogP contribution >= 0.6 is 0 Å². The van der Waals surface area contributed by atoms with Crippen LogP contribution in [-0.2, 0) is 6.42 Å². The number of rotatable bonds is 4. The third-order valence-corrected chi connectivity index (χ3v) is 5.64. The standard InChI is InChI=1S/C22H27FN2O2/c1-14-8-18(9-15(2)24-14)10-17-4-5-25(13-17)16(3)19-11-21-22(12-20(19)23)27-7-6-26-21/h8-9,11-12,16-17H,4-7,10,13H2,1-3H3/t16-,17-/m0/s1. The van der Waals surface area contributed by atoms with Crippen molar-refractivity contribution >= 4 is 0 Å². The van der Waals surface area contributed by atoms with E-state index in [2.05, 4.69) is 28.9 Å². The number of benzene rings is 1. The molecule has 2 aromatic rings.